The zero-order valence-electron chi connectivity index (χ0n) is 12.9. The molecule has 8 heteroatoms. The molecule has 0 saturated carbocycles. The van der Waals surface area contributed by atoms with E-state index in [-0.39, 0.29) is 5.75 Å². The molecule has 0 saturated heterocycles. The highest BCUT2D eigenvalue weighted by molar-refractivity contribution is 7.92. The summed E-state index contributed by atoms with van der Waals surface area (Å²) in [5.74, 6) is 0.481. The Hall–Kier alpha value is -2.74. The average Bonchev–Trinajstić information content (AvgIpc) is 3.10. The molecule has 3 rings (SSSR count). The number of rotatable bonds is 7. The molecule has 0 bridgehead atoms. The second kappa shape index (κ2) is 7.22. The van der Waals surface area contributed by atoms with E-state index < -0.39 is 10.0 Å². The Kier molecular flexibility index (Phi) is 4.85. The molecule has 124 valence electrons. The van der Waals surface area contributed by atoms with Crippen LogP contribution in [0.1, 0.15) is 12.0 Å². The second-order valence-electron chi connectivity index (χ2n) is 5.33. The van der Waals surface area contributed by atoms with Crippen LogP contribution in [0.4, 0.5) is 5.69 Å². The number of nitrogens with one attached hydrogen (secondary N) is 2. The minimum Gasteiger partial charge on any atom is -0.284 e. The van der Waals surface area contributed by atoms with E-state index in [4.69, 9.17) is 0 Å². The third-order valence-electron chi connectivity index (χ3n) is 3.46. The van der Waals surface area contributed by atoms with Crippen LogP contribution in [-0.4, -0.2) is 34.8 Å². The monoisotopic (exact) mass is 343 g/mol. The van der Waals surface area contributed by atoms with Crippen LogP contribution >= 0.6 is 0 Å². The van der Waals surface area contributed by atoms with Crippen molar-refractivity contribution in [1.29, 1.82) is 0 Å². The standard InChI is InChI=1S/C16H17N5O2S/c22-24(23,11-5-8-13-6-2-1-3-7-13)19-15-10-4-9-14(12-15)16-17-20-21-18-16/h1-4,6-7,9-10,12,19H,5,8,11H2,(H,17,18,20,21). The fourth-order valence-corrected chi connectivity index (χ4v) is 3.46. The highest BCUT2D eigenvalue weighted by atomic mass is 32.2. The first kappa shape index (κ1) is 16.1. The summed E-state index contributed by atoms with van der Waals surface area (Å²) in [5, 5.41) is 13.6. The van der Waals surface area contributed by atoms with Crippen LogP contribution in [0.25, 0.3) is 11.4 Å². The van der Waals surface area contributed by atoms with Crippen molar-refractivity contribution in [1.82, 2.24) is 20.6 Å². The Morgan fingerprint density at radius 3 is 2.62 bits per heavy atom. The van der Waals surface area contributed by atoms with Gasteiger partial charge in [0.2, 0.25) is 15.8 Å². The molecule has 2 N–H and O–H groups in total. The first-order valence-electron chi connectivity index (χ1n) is 7.51. The Morgan fingerprint density at radius 2 is 1.88 bits per heavy atom. The first-order chi connectivity index (χ1) is 11.6. The molecular weight excluding hydrogens is 326 g/mol. The Balaban J connectivity index is 1.61. The number of aromatic nitrogens is 4. The summed E-state index contributed by atoms with van der Waals surface area (Å²) in [6.07, 6.45) is 1.29. The van der Waals surface area contributed by atoms with Crippen molar-refractivity contribution in [2.24, 2.45) is 0 Å². The molecule has 0 radical (unpaired) electrons. The molecule has 2 aromatic carbocycles. The molecule has 0 aliphatic heterocycles. The van der Waals surface area contributed by atoms with Crippen molar-refractivity contribution in [3.63, 3.8) is 0 Å². The van der Waals surface area contributed by atoms with Gasteiger partial charge in [-0.2, -0.15) is 5.21 Å². The van der Waals surface area contributed by atoms with Crippen LogP contribution in [0.15, 0.2) is 54.6 Å². The van der Waals surface area contributed by atoms with Gasteiger partial charge in [0.15, 0.2) is 0 Å². The molecule has 0 spiro atoms. The normalized spacial score (nSPS) is 11.3. The van der Waals surface area contributed by atoms with Crippen molar-refractivity contribution in [2.45, 2.75) is 12.8 Å². The summed E-state index contributed by atoms with van der Waals surface area (Å²) in [5.41, 5.74) is 2.30. The Labute approximate surface area is 140 Å². The summed E-state index contributed by atoms with van der Waals surface area (Å²) in [6, 6.07) is 16.7. The van der Waals surface area contributed by atoms with Gasteiger partial charge < -0.3 is 0 Å². The van der Waals surface area contributed by atoms with Gasteiger partial charge in [0.05, 0.1) is 5.75 Å². The zero-order valence-corrected chi connectivity index (χ0v) is 13.7. The van der Waals surface area contributed by atoms with Gasteiger partial charge in [-0.1, -0.05) is 42.5 Å². The summed E-state index contributed by atoms with van der Waals surface area (Å²) in [4.78, 5) is 0. The van der Waals surface area contributed by atoms with Gasteiger partial charge in [-0.05, 0) is 35.8 Å². The number of H-pyrrole nitrogens is 1. The molecule has 3 aromatic rings. The lowest BCUT2D eigenvalue weighted by molar-refractivity contribution is 0.598. The van der Waals surface area contributed by atoms with E-state index >= 15 is 0 Å². The molecule has 0 unspecified atom stereocenters. The van der Waals surface area contributed by atoms with Crippen molar-refractivity contribution in [3.8, 4) is 11.4 Å². The van der Waals surface area contributed by atoms with E-state index in [9.17, 15) is 8.42 Å². The average molecular weight is 343 g/mol. The molecular formula is C16H17N5O2S. The van der Waals surface area contributed by atoms with E-state index in [0.717, 1.165) is 12.0 Å². The molecule has 0 fully saturated rings. The third kappa shape index (κ3) is 4.39. The summed E-state index contributed by atoms with van der Waals surface area (Å²) in [7, 11) is -3.40. The van der Waals surface area contributed by atoms with Gasteiger partial charge in [-0.25, -0.2) is 8.42 Å². The van der Waals surface area contributed by atoms with Crippen LogP contribution in [0, 0.1) is 0 Å². The first-order valence-corrected chi connectivity index (χ1v) is 9.16. The van der Waals surface area contributed by atoms with Crippen molar-refractivity contribution in [2.75, 3.05) is 10.5 Å². The molecule has 1 heterocycles. The lowest BCUT2D eigenvalue weighted by Gasteiger charge is -2.09. The van der Waals surface area contributed by atoms with Gasteiger partial charge in [-0.15, -0.1) is 10.2 Å². The second-order valence-corrected chi connectivity index (χ2v) is 7.17. The van der Waals surface area contributed by atoms with Gasteiger partial charge in [0, 0.05) is 11.3 Å². The van der Waals surface area contributed by atoms with Gasteiger partial charge in [-0.3, -0.25) is 4.72 Å². The smallest absolute Gasteiger partial charge is 0.232 e. The maximum atomic E-state index is 12.2. The third-order valence-corrected chi connectivity index (χ3v) is 4.83. The lowest BCUT2D eigenvalue weighted by atomic mass is 10.1. The van der Waals surface area contributed by atoms with E-state index in [0.29, 0.717) is 23.5 Å². The number of aromatic amines is 1. The summed E-state index contributed by atoms with van der Waals surface area (Å²) >= 11 is 0. The van der Waals surface area contributed by atoms with E-state index in [1.165, 1.54) is 0 Å². The lowest BCUT2D eigenvalue weighted by Crippen LogP contribution is -2.17. The van der Waals surface area contributed by atoms with Crippen LogP contribution in [-0.2, 0) is 16.4 Å². The molecule has 0 amide bonds. The molecule has 7 nitrogen and oxygen atoms in total. The number of aryl methyl sites for hydroxylation is 1. The minimum atomic E-state index is -3.40. The van der Waals surface area contributed by atoms with E-state index in [1.807, 2.05) is 30.3 Å². The van der Waals surface area contributed by atoms with Crippen LogP contribution in [0.5, 0.6) is 0 Å². The molecule has 0 aliphatic rings. The predicted octanol–water partition coefficient (Wildman–Crippen LogP) is 2.24. The number of anilines is 1. The molecule has 1 aromatic heterocycles. The number of tetrazole rings is 1. The Bertz CT molecular complexity index is 880. The van der Waals surface area contributed by atoms with Crippen molar-refractivity contribution >= 4 is 15.7 Å². The SMILES string of the molecule is O=S(=O)(CCCc1ccccc1)Nc1cccc(-c2nn[nH]n2)c1. The maximum absolute atomic E-state index is 12.2. The van der Waals surface area contributed by atoms with E-state index in [1.54, 1.807) is 24.3 Å². The van der Waals surface area contributed by atoms with Crippen LogP contribution in [0.2, 0.25) is 0 Å². The fraction of sp³-hybridized carbons (Fsp3) is 0.188. The highest BCUT2D eigenvalue weighted by Crippen LogP contribution is 2.19. The maximum Gasteiger partial charge on any atom is 0.232 e. The number of hydrogen-bond donors (Lipinski definition) is 2. The van der Waals surface area contributed by atoms with Gasteiger partial charge in [0.1, 0.15) is 0 Å². The van der Waals surface area contributed by atoms with Crippen molar-refractivity contribution in [3.05, 3.63) is 60.2 Å². The molecule has 0 atom stereocenters. The minimum absolute atomic E-state index is 0.0638. The van der Waals surface area contributed by atoms with E-state index in [2.05, 4.69) is 25.3 Å². The molecule has 0 aliphatic carbocycles. The number of hydrogen-bond acceptors (Lipinski definition) is 5. The number of benzene rings is 2. The zero-order chi connectivity index (χ0) is 16.8. The Morgan fingerprint density at radius 1 is 1.04 bits per heavy atom. The van der Waals surface area contributed by atoms with Crippen LogP contribution < -0.4 is 4.72 Å². The summed E-state index contributed by atoms with van der Waals surface area (Å²) in [6.45, 7) is 0. The van der Waals surface area contributed by atoms with Crippen molar-refractivity contribution < 1.29 is 8.42 Å². The van der Waals surface area contributed by atoms with Gasteiger partial charge in [0.25, 0.3) is 0 Å². The number of sulfonamides is 1. The quantitative estimate of drug-likeness (QED) is 0.685. The predicted molar refractivity (Wildman–Crippen MR) is 91.8 cm³/mol. The highest BCUT2D eigenvalue weighted by Gasteiger charge is 2.11. The largest absolute Gasteiger partial charge is 0.284 e. The molecule has 24 heavy (non-hydrogen) atoms. The fourth-order valence-electron chi connectivity index (χ4n) is 2.35. The topological polar surface area (TPSA) is 101 Å². The number of nitrogens with zero attached hydrogens (tertiary/aromatic N) is 3. The van der Waals surface area contributed by atoms with Crippen LogP contribution in [0.3, 0.4) is 0 Å². The summed E-state index contributed by atoms with van der Waals surface area (Å²) < 4.78 is 27.0. The van der Waals surface area contributed by atoms with Gasteiger partial charge >= 0.3 is 0 Å².